The lowest BCUT2D eigenvalue weighted by molar-refractivity contribution is -0.118. The molecule has 29 heavy (non-hydrogen) atoms. The molecule has 7 heteroatoms. The van der Waals surface area contributed by atoms with Gasteiger partial charge >= 0.3 is 0 Å². The first-order chi connectivity index (χ1) is 14.0. The van der Waals surface area contributed by atoms with Crippen molar-refractivity contribution in [2.24, 2.45) is 7.05 Å². The van der Waals surface area contributed by atoms with Crippen LogP contribution in [-0.4, -0.2) is 38.8 Å². The molecule has 0 saturated carbocycles. The molecule has 0 aliphatic carbocycles. The monoisotopic (exact) mass is 408 g/mol. The summed E-state index contributed by atoms with van der Waals surface area (Å²) in [5, 5.41) is 12.0. The van der Waals surface area contributed by atoms with Gasteiger partial charge in [0.1, 0.15) is 0 Å². The van der Waals surface area contributed by atoms with Crippen molar-refractivity contribution in [3.05, 3.63) is 65.2 Å². The van der Waals surface area contributed by atoms with E-state index in [0.29, 0.717) is 23.0 Å². The van der Waals surface area contributed by atoms with Gasteiger partial charge in [-0.2, -0.15) is 0 Å². The molecule has 0 atom stereocenters. The average Bonchev–Trinajstić information content (AvgIpc) is 3.07. The predicted molar refractivity (Wildman–Crippen MR) is 115 cm³/mol. The van der Waals surface area contributed by atoms with Crippen molar-refractivity contribution >= 4 is 23.5 Å². The smallest absolute Gasteiger partial charge is 0.216 e. The van der Waals surface area contributed by atoms with E-state index in [1.807, 2.05) is 67.1 Å². The molecular formula is C22H24N4O2S. The number of Topliss-reactive ketones (excluding diaryl/α,β-unsaturated/α-hetero) is 1. The van der Waals surface area contributed by atoms with Crippen molar-refractivity contribution in [2.75, 3.05) is 12.3 Å². The molecule has 0 saturated heterocycles. The highest BCUT2D eigenvalue weighted by Crippen LogP contribution is 2.25. The van der Waals surface area contributed by atoms with Crippen molar-refractivity contribution in [1.29, 1.82) is 0 Å². The number of rotatable bonds is 8. The molecular weight excluding hydrogens is 384 g/mol. The van der Waals surface area contributed by atoms with E-state index in [1.54, 1.807) is 0 Å². The minimum atomic E-state index is -0.0387. The van der Waals surface area contributed by atoms with Gasteiger partial charge in [-0.1, -0.05) is 60.3 Å². The summed E-state index contributed by atoms with van der Waals surface area (Å²) in [5.41, 5.74) is 3.92. The number of hydrogen-bond donors (Lipinski definition) is 1. The standard InChI is InChI=1S/C22H24N4O2S/c1-15-6-4-5-7-19(15)21-24-25-22(26(21)3)29-14-20(28)18-10-8-17(9-11-18)12-13-23-16(2)27/h4-11H,12-14H2,1-3H3,(H,23,27). The minimum Gasteiger partial charge on any atom is -0.356 e. The zero-order valence-corrected chi connectivity index (χ0v) is 17.6. The third-order valence-corrected chi connectivity index (χ3v) is 5.64. The molecule has 0 bridgehead atoms. The molecule has 2 aromatic carbocycles. The van der Waals surface area contributed by atoms with Gasteiger partial charge in [0.15, 0.2) is 16.8 Å². The van der Waals surface area contributed by atoms with Gasteiger partial charge in [0.2, 0.25) is 5.91 Å². The molecule has 6 nitrogen and oxygen atoms in total. The van der Waals surface area contributed by atoms with Gasteiger partial charge in [-0.15, -0.1) is 10.2 Å². The van der Waals surface area contributed by atoms with Crippen molar-refractivity contribution in [3.63, 3.8) is 0 Å². The normalized spacial score (nSPS) is 10.7. The first kappa shape index (κ1) is 20.8. The number of nitrogens with one attached hydrogen (secondary N) is 1. The lowest BCUT2D eigenvalue weighted by atomic mass is 10.1. The SMILES string of the molecule is CC(=O)NCCc1ccc(C(=O)CSc2nnc(-c3ccccc3C)n2C)cc1. The fraction of sp³-hybridized carbons (Fsp3) is 0.273. The van der Waals surface area contributed by atoms with E-state index in [2.05, 4.69) is 15.5 Å². The van der Waals surface area contributed by atoms with Crippen LogP contribution in [0.25, 0.3) is 11.4 Å². The van der Waals surface area contributed by atoms with Gasteiger partial charge in [-0.3, -0.25) is 9.59 Å². The molecule has 1 aromatic heterocycles. The van der Waals surface area contributed by atoms with Crippen LogP contribution in [0.15, 0.2) is 53.7 Å². The molecule has 0 aliphatic heterocycles. The predicted octanol–water partition coefficient (Wildman–Crippen LogP) is 3.44. The summed E-state index contributed by atoms with van der Waals surface area (Å²) in [6.07, 6.45) is 0.740. The Morgan fingerprint density at radius 2 is 1.79 bits per heavy atom. The molecule has 1 N–H and O–H groups in total. The molecule has 3 rings (SSSR count). The molecule has 1 heterocycles. The first-order valence-electron chi connectivity index (χ1n) is 9.40. The minimum absolute atomic E-state index is 0.0387. The zero-order valence-electron chi connectivity index (χ0n) is 16.8. The Morgan fingerprint density at radius 1 is 1.07 bits per heavy atom. The lowest BCUT2D eigenvalue weighted by Crippen LogP contribution is -2.22. The van der Waals surface area contributed by atoms with Gasteiger partial charge < -0.3 is 9.88 Å². The Labute approximate surface area is 174 Å². The zero-order chi connectivity index (χ0) is 20.8. The summed E-state index contributed by atoms with van der Waals surface area (Å²) >= 11 is 1.38. The number of aromatic nitrogens is 3. The summed E-state index contributed by atoms with van der Waals surface area (Å²) < 4.78 is 1.92. The van der Waals surface area contributed by atoms with Crippen LogP contribution in [-0.2, 0) is 18.3 Å². The second kappa shape index (κ2) is 9.52. The van der Waals surface area contributed by atoms with Gasteiger partial charge in [-0.05, 0) is 24.5 Å². The van der Waals surface area contributed by atoms with E-state index in [4.69, 9.17) is 0 Å². The third kappa shape index (κ3) is 5.32. The molecule has 0 unspecified atom stereocenters. The Balaban J connectivity index is 1.60. The van der Waals surface area contributed by atoms with Crippen LogP contribution < -0.4 is 5.32 Å². The highest BCUT2D eigenvalue weighted by atomic mass is 32.2. The maximum atomic E-state index is 12.5. The summed E-state index contributed by atoms with van der Waals surface area (Å²) in [5.74, 6) is 1.10. The van der Waals surface area contributed by atoms with E-state index >= 15 is 0 Å². The number of carbonyl (C=O) groups excluding carboxylic acids is 2. The van der Waals surface area contributed by atoms with E-state index < -0.39 is 0 Å². The highest BCUT2D eigenvalue weighted by Gasteiger charge is 2.15. The third-order valence-electron chi connectivity index (χ3n) is 4.62. The van der Waals surface area contributed by atoms with Gasteiger partial charge in [-0.25, -0.2) is 0 Å². The average molecular weight is 409 g/mol. The summed E-state index contributed by atoms with van der Waals surface area (Å²) in [7, 11) is 1.92. The second-order valence-electron chi connectivity index (χ2n) is 6.82. The maximum Gasteiger partial charge on any atom is 0.216 e. The number of carbonyl (C=O) groups is 2. The van der Waals surface area contributed by atoms with Crippen LogP contribution in [0.5, 0.6) is 0 Å². The quantitative estimate of drug-likeness (QED) is 0.456. The van der Waals surface area contributed by atoms with Crippen LogP contribution in [0.2, 0.25) is 0 Å². The number of amides is 1. The van der Waals surface area contributed by atoms with Crippen molar-refractivity contribution < 1.29 is 9.59 Å². The van der Waals surface area contributed by atoms with Crippen LogP contribution in [0.3, 0.4) is 0 Å². The molecule has 1 amide bonds. The van der Waals surface area contributed by atoms with Gasteiger partial charge in [0.25, 0.3) is 0 Å². The molecule has 3 aromatic rings. The first-order valence-corrected chi connectivity index (χ1v) is 10.4. The van der Waals surface area contributed by atoms with Crippen molar-refractivity contribution in [1.82, 2.24) is 20.1 Å². The fourth-order valence-corrected chi connectivity index (χ4v) is 3.76. The molecule has 0 aliphatic rings. The van der Waals surface area contributed by atoms with Crippen LogP contribution in [0.4, 0.5) is 0 Å². The van der Waals surface area contributed by atoms with Crippen LogP contribution in [0, 0.1) is 6.92 Å². The fourth-order valence-electron chi connectivity index (χ4n) is 2.95. The van der Waals surface area contributed by atoms with Crippen LogP contribution in [0.1, 0.15) is 28.4 Å². The van der Waals surface area contributed by atoms with E-state index in [0.717, 1.165) is 28.9 Å². The summed E-state index contributed by atoms with van der Waals surface area (Å²) in [4.78, 5) is 23.5. The topological polar surface area (TPSA) is 76.9 Å². The van der Waals surface area contributed by atoms with Gasteiger partial charge in [0.05, 0.1) is 5.75 Å². The Morgan fingerprint density at radius 3 is 2.48 bits per heavy atom. The molecule has 150 valence electrons. The number of nitrogens with zero attached hydrogens (tertiary/aromatic N) is 3. The van der Waals surface area contributed by atoms with E-state index in [-0.39, 0.29) is 11.7 Å². The Hall–Kier alpha value is -2.93. The number of hydrogen-bond acceptors (Lipinski definition) is 5. The number of ketones is 1. The maximum absolute atomic E-state index is 12.5. The Kier molecular flexibility index (Phi) is 6.82. The van der Waals surface area contributed by atoms with Crippen molar-refractivity contribution in [2.45, 2.75) is 25.4 Å². The molecule has 0 spiro atoms. The number of benzene rings is 2. The second-order valence-corrected chi connectivity index (χ2v) is 7.76. The number of thioether (sulfide) groups is 1. The number of aryl methyl sites for hydroxylation is 1. The molecule has 0 radical (unpaired) electrons. The lowest BCUT2D eigenvalue weighted by Gasteiger charge is -2.06. The van der Waals surface area contributed by atoms with Gasteiger partial charge in [0, 0.05) is 31.6 Å². The largest absolute Gasteiger partial charge is 0.356 e. The van der Waals surface area contributed by atoms with E-state index in [9.17, 15) is 9.59 Å². The molecule has 0 fully saturated rings. The summed E-state index contributed by atoms with van der Waals surface area (Å²) in [6, 6.07) is 15.6. The summed E-state index contributed by atoms with van der Waals surface area (Å²) in [6.45, 7) is 4.13. The van der Waals surface area contributed by atoms with E-state index in [1.165, 1.54) is 18.7 Å². The highest BCUT2D eigenvalue weighted by molar-refractivity contribution is 7.99. The van der Waals surface area contributed by atoms with Crippen molar-refractivity contribution in [3.8, 4) is 11.4 Å². The van der Waals surface area contributed by atoms with Crippen LogP contribution >= 0.6 is 11.8 Å². The Bertz CT molecular complexity index is 1010.